The first-order valence-corrected chi connectivity index (χ1v) is 9.38. The van der Waals surface area contributed by atoms with Crippen LogP contribution < -0.4 is 10.5 Å². The van der Waals surface area contributed by atoms with E-state index in [1.807, 2.05) is 25.1 Å². The first kappa shape index (κ1) is 17.9. The first-order chi connectivity index (χ1) is 12.8. The molecule has 0 N–H and O–H groups in total. The second-order valence-corrected chi connectivity index (χ2v) is 7.78. The first-order valence-electron chi connectivity index (χ1n) is 7.58. The second-order valence-electron chi connectivity index (χ2n) is 5.81. The highest BCUT2D eigenvalue weighted by Crippen LogP contribution is 2.35. The van der Waals surface area contributed by atoms with E-state index in [1.165, 1.54) is 17.7 Å². The van der Waals surface area contributed by atoms with Crippen LogP contribution in [0.1, 0.15) is 0 Å². The highest BCUT2D eigenvalue weighted by molar-refractivity contribution is 8.14. The van der Waals surface area contributed by atoms with Gasteiger partial charge in [0.2, 0.25) is 5.04 Å². The molecule has 1 aliphatic rings. The molecule has 0 fully saturated rings. The lowest BCUT2D eigenvalue weighted by Gasteiger charge is -2.15. The molecule has 0 aliphatic carbocycles. The molecule has 0 saturated carbocycles. The van der Waals surface area contributed by atoms with Crippen molar-refractivity contribution < 1.29 is 13.2 Å². The molecule has 0 bridgehead atoms. The molecule has 0 atom stereocenters. The third-order valence-electron chi connectivity index (χ3n) is 3.86. The molecule has 12 heteroatoms. The quantitative estimate of drug-likeness (QED) is 0.614. The molecule has 3 aromatic rings. The van der Waals surface area contributed by atoms with E-state index in [0.717, 1.165) is 15.6 Å². The van der Waals surface area contributed by atoms with Gasteiger partial charge in [0.1, 0.15) is 27.2 Å². The predicted octanol–water partition coefficient (Wildman–Crippen LogP) is 2.94. The zero-order valence-electron chi connectivity index (χ0n) is 14.0. The van der Waals surface area contributed by atoms with Crippen LogP contribution in [-0.2, 0) is 0 Å². The molecule has 0 amide bonds. The minimum atomic E-state index is -4.55. The number of anilines is 1. The number of alkyl halides is 3. The van der Waals surface area contributed by atoms with E-state index in [-0.39, 0.29) is 11.6 Å². The molecular weight excluding hydrogens is 401 g/mol. The molecule has 27 heavy (non-hydrogen) atoms. The van der Waals surface area contributed by atoms with Gasteiger partial charge in [-0.15, -0.1) is 21.5 Å². The summed E-state index contributed by atoms with van der Waals surface area (Å²) in [5.74, 6) is -0.0250. The maximum atomic E-state index is 12.9. The van der Waals surface area contributed by atoms with Gasteiger partial charge < -0.3 is 4.90 Å². The van der Waals surface area contributed by atoms with Crippen LogP contribution in [0.5, 0.6) is 0 Å². The maximum Gasteiger partial charge on any atom is 0.441 e. The van der Waals surface area contributed by atoms with Crippen molar-refractivity contribution in [3.05, 3.63) is 28.9 Å². The average Bonchev–Trinajstić information content (AvgIpc) is 3.01. The molecule has 0 aromatic carbocycles. The fourth-order valence-corrected chi connectivity index (χ4v) is 4.42. The average molecular weight is 412 g/mol. The van der Waals surface area contributed by atoms with E-state index in [4.69, 9.17) is 0 Å². The van der Waals surface area contributed by atoms with Crippen molar-refractivity contribution >= 4 is 60.1 Å². The highest BCUT2D eigenvalue weighted by Gasteiger charge is 2.38. The zero-order valence-corrected chi connectivity index (χ0v) is 15.6. The Bertz CT molecular complexity index is 1180. The summed E-state index contributed by atoms with van der Waals surface area (Å²) < 4.78 is 39.5. The maximum absolute atomic E-state index is 12.9. The lowest BCUT2D eigenvalue weighted by atomic mass is 10.2. The van der Waals surface area contributed by atoms with Crippen molar-refractivity contribution in [3.63, 3.8) is 0 Å². The summed E-state index contributed by atoms with van der Waals surface area (Å²) in [6.07, 6.45) is -1.62. The number of fused-ring (bicyclic) bond motifs is 3. The Morgan fingerprint density at radius 1 is 1.22 bits per heavy atom. The van der Waals surface area contributed by atoms with Crippen LogP contribution in [0.25, 0.3) is 20.4 Å². The van der Waals surface area contributed by atoms with Crippen molar-refractivity contribution in [1.29, 1.82) is 0 Å². The number of aromatic nitrogens is 3. The van der Waals surface area contributed by atoms with Crippen molar-refractivity contribution in [1.82, 2.24) is 14.5 Å². The number of hydrogen-bond donors (Lipinski definition) is 0. The Balaban J connectivity index is 1.89. The van der Waals surface area contributed by atoms with Crippen LogP contribution in [0.2, 0.25) is 0 Å². The summed E-state index contributed by atoms with van der Waals surface area (Å²) >= 11 is 1.68. The smallest absolute Gasteiger partial charge is 0.377 e. The SMILES string of the molecule is CN(C)c1ccnc2sc3c(=O)n(C4=NN=C(C(F)(F)F)SC4)cnc3c12. The van der Waals surface area contributed by atoms with Gasteiger partial charge in [-0.3, -0.25) is 9.36 Å². The molecule has 7 nitrogen and oxygen atoms in total. The summed E-state index contributed by atoms with van der Waals surface area (Å²) in [6.45, 7) is 0. The number of thiophene rings is 1. The van der Waals surface area contributed by atoms with Gasteiger partial charge in [-0.1, -0.05) is 11.8 Å². The van der Waals surface area contributed by atoms with Crippen LogP contribution in [0.15, 0.2) is 33.6 Å². The van der Waals surface area contributed by atoms with Gasteiger partial charge in [-0.05, 0) is 6.07 Å². The zero-order chi connectivity index (χ0) is 19.3. The van der Waals surface area contributed by atoms with E-state index < -0.39 is 16.8 Å². The summed E-state index contributed by atoms with van der Waals surface area (Å²) in [6, 6.07) is 1.83. The Kier molecular flexibility index (Phi) is 4.18. The van der Waals surface area contributed by atoms with E-state index >= 15 is 0 Å². The fourth-order valence-electron chi connectivity index (χ4n) is 2.64. The monoisotopic (exact) mass is 412 g/mol. The molecule has 4 heterocycles. The highest BCUT2D eigenvalue weighted by atomic mass is 32.2. The van der Waals surface area contributed by atoms with Crippen LogP contribution in [0, 0.1) is 0 Å². The molecule has 140 valence electrons. The molecule has 0 spiro atoms. The van der Waals surface area contributed by atoms with Crippen molar-refractivity contribution in [3.8, 4) is 0 Å². The minimum absolute atomic E-state index is 0.102. The Hall–Kier alpha value is -2.47. The van der Waals surface area contributed by atoms with Gasteiger partial charge in [-0.2, -0.15) is 13.2 Å². The van der Waals surface area contributed by atoms with Crippen LogP contribution in [-0.4, -0.2) is 51.4 Å². The van der Waals surface area contributed by atoms with Crippen molar-refractivity contribution in [2.24, 2.45) is 10.2 Å². The lowest BCUT2D eigenvalue weighted by Crippen LogP contribution is -2.32. The van der Waals surface area contributed by atoms with Gasteiger partial charge in [0.15, 0.2) is 0 Å². The summed E-state index contributed by atoms with van der Waals surface area (Å²) in [7, 11) is 3.76. The third-order valence-corrected chi connectivity index (χ3v) is 5.92. The largest absolute Gasteiger partial charge is 0.441 e. The second kappa shape index (κ2) is 6.30. The van der Waals surface area contributed by atoms with Gasteiger partial charge in [0, 0.05) is 20.3 Å². The predicted molar refractivity (Wildman–Crippen MR) is 102 cm³/mol. The Morgan fingerprint density at radius 2 is 2.00 bits per heavy atom. The van der Waals surface area contributed by atoms with E-state index in [2.05, 4.69) is 20.2 Å². The number of rotatable bonds is 1. The van der Waals surface area contributed by atoms with E-state index in [9.17, 15) is 18.0 Å². The summed E-state index contributed by atoms with van der Waals surface area (Å²) in [4.78, 5) is 24.1. The van der Waals surface area contributed by atoms with Crippen LogP contribution in [0.4, 0.5) is 18.9 Å². The lowest BCUT2D eigenvalue weighted by molar-refractivity contribution is -0.0556. The van der Waals surface area contributed by atoms with Gasteiger partial charge >= 0.3 is 6.18 Å². The summed E-state index contributed by atoms with van der Waals surface area (Å²) in [5.41, 5.74) is 0.982. The molecular formula is C15H11F3N6OS2. The molecule has 1 aliphatic heterocycles. The Morgan fingerprint density at radius 3 is 2.63 bits per heavy atom. The number of halogens is 3. The normalized spacial score (nSPS) is 15.1. The molecule has 0 saturated heterocycles. The standard InChI is InChI=1S/C15H11F3N6OS2/c1-23(2)7-3-4-19-12-9(7)10-11(27-12)13(25)24(6-20-10)8-5-26-14(22-21-8)15(16,17)18/h3-4,6H,5H2,1-2H3. The minimum Gasteiger partial charge on any atom is -0.377 e. The molecule has 3 aromatic heterocycles. The van der Waals surface area contributed by atoms with E-state index in [0.29, 0.717) is 26.8 Å². The van der Waals surface area contributed by atoms with Gasteiger partial charge in [-0.25, -0.2) is 9.97 Å². The fraction of sp³-hybridized carbons (Fsp3) is 0.267. The number of pyridine rings is 1. The van der Waals surface area contributed by atoms with Gasteiger partial charge in [0.05, 0.1) is 16.8 Å². The van der Waals surface area contributed by atoms with Crippen LogP contribution >= 0.6 is 23.1 Å². The molecule has 4 rings (SSSR count). The summed E-state index contributed by atoms with van der Waals surface area (Å²) in [5, 5.41) is 6.52. The van der Waals surface area contributed by atoms with Gasteiger partial charge in [0.25, 0.3) is 5.56 Å². The molecule has 0 radical (unpaired) electrons. The number of thioether (sulfide) groups is 1. The number of nitrogens with zero attached hydrogens (tertiary/aromatic N) is 6. The number of hydrogen-bond acceptors (Lipinski definition) is 8. The topological polar surface area (TPSA) is 75.7 Å². The van der Waals surface area contributed by atoms with Crippen LogP contribution in [0.3, 0.4) is 0 Å². The third kappa shape index (κ3) is 2.98. The van der Waals surface area contributed by atoms with Crippen molar-refractivity contribution in [2.45, 2.75) is 6.18 Å². The van der Waals surface area contributed by atoms with Crippen molar-refractivity contribution in [2.75, 3.05) is 24.7 Å². The molecule has 0 unspecified atom stereocenters. The van der Waals surface area contributed by atoms with E-state index in [1.54, 1.807) is 6.20 Å². The Labute approximate surface area is 158 Å².